The Hall–Kier alpha value is -1.62. The highest BCUT2D eigenvalue weighted by Gasteiger charge is 2.27. The van der Waals surface area contributed by atoms with Gasteiger partial charge in [-0.25, -0.2) is 8.42 Å². The van der Waals surface area contributed by atoms with Crippen molar-refractivity contribution in [3.63, 3.8) is 0 Å². The van der Waals surface area contributed by atoms with Crippen molar-refractivity contribution in [3.05, 3.63) is 71.3 Å². The maximum atomic E-state index is 13.1. The van der Waals surface area contributed by atoms with Crippen LogP contribution in [0.2, 0.25) is 5.02 Å². The SMILES string of the molecule is CCCC(C)N(C/C=C/c1ccccc1)S(=O)(=O)c1ccc(Cl)cc1. The Bertz CT molecular complexity index is 786. The summed E-state index contributed by atoms with van der Waals surface area (Å²) in [7, 11) is -3.57. The second-order valence-corrected chi connectivity index (χ2v) is 8.31. The van der Waals surface area contributed by atoms with Gasteiger partial charge in [-0.15, -0.1) is 0 Å². The minimum absolute atomic E-state index is 0.0777. The molecule has 2 aromatic carbocycles. The molecule has 0 bridgehead atoms. The Morgan fingerprint density at radius 2 is 1.72 bits per heavy atom. The molecular weight excluding hydrogens is 354 g/mol. The van der Waals surface area contributed by atoms with E-state index in [9.17, 15) is 8.42 Å². The van der Waals surface area contributed by atoms with Crippen LogP contribution in [0.25, 0.3) is 6.08 Å². The Kier molecular flexibility index (Phi) is 7.24. The third-order valence-electron chi connectivity index (χ3n) is 4.01. The number of sulfonamides is 1. The number of hydrogen-bond acceptors (Lipinski definition) is 2. The molecule has 0 saturated carbocycles. The van der Waals surface area contributed by atoms with E-state index < -0.39 is 10.0 Å². The normalized spacial score (nSPS) is 13.4. The first kappa shape index (κ1) is 19.7. The lowest BCUT2D eigenvalue weighted by Crippen LogP contribution is -2.38. The van der Waals surface area contributed by atoms with Crippen molar-refractivity contribution in [1.29, 1.82) is 0 Å². The molecule has 0 saturated heterocycles. The van der Waals surface area contributed by atoms with Crippen molar-refractivity contribution in [2.24, 2.45) is 0 Å². The van der Waals surface area contributed by atoms with Crippen LogP contribution < -0.4 is 0 Å². The van der Waals surface area contributed by atoms with Crippen molar-refractivity contribution >= 4 is 27.7 Å². The summed E-state index contributed by atoms with van der Waals surface area (Å²) < 4.78 is 27.7. The zero-order chi connectivity index (χ0) is 18.3. The van der Waals surface area contributed by atoms with Crippen LogP contribution in [0.3, 0.4) is 0 Å². The van der Waals surface area contributed by atoms with Crippen LogP contribution in [0.4, 0.5) is 0 Å². The van der Waals surface area contributed by atoms with Gasteiger partial charge in [-0.3, -0.25) is 0 Å². The van der Waals surface area contributed by atoms with Crippen molar-refractivity contribution < 1.29 is 8.42 Å². The van der Waals surface area contributed by atoms with Crippen LogP contribution in [0, 0.1) is 0 Å². The Morgan fingerprint density at radius 1 is 1.08 bits per heavy atom. The van der Waals surface area contributed by atoms with Crippen molar-refractivity contribution in [2.75, 3.05) is 6.54 Å². The quantitative estimate of drug-likeness (QED) is 0.631. The summed E-state index contributed by atoms with van der Waals surface area (Å²) in [5.74, 6) is 0. The van der Waals surface area contributed by atoms with E-state index in [-0.39, 0.29) is 10.9 Å². The lowest BCUT2D eigenvalue weighted by Gasteiger charge is -2.27. The molecule has 1 unspecified atom stereocenters. The average molecular weight is 378 g/mol. The van der Waals surface area contributed by atoms with Gasteiger partial charge in [0.1, 0.15) is 0 Å². The number of rotatable bonds is 8. The Balaban J connectivity index is 2.25. The van der Waals surface area contributed by atoms with Crippen molar-refractivity contribution in [3.8, 4) is 0 Å². The molecule has 0 N–H and O–H groups in total. The first-order valence-electron chi connectivity index (χ1n) is 8.44. The number of halogens is 1. The van der Waals surface area contributed by atoms with E-state index in [1.807, 2.05) is 49.4 Å². The topological polar surface area (TPSA) is 37.4 Å². The van der Waals surface area contributed by atoms with Gasteiger partial charge in [0.05, 0.1) is 4.90 Å². The molecule has 0 heterocycles. The summed E-state index contributed by atoms with van der Waals surface area (Å²) in [6.07, 6.45) is 5.58. The fourth-order valence-electron chi connectivity index (χ4n) is 2.68. The highest BCUT2D eigenvalue weighted by atomic mass is 35.5. The maximum Gasteiger partial charge on any atom is 0.243 e. The molecule has 0 aliphatic rings. The van der Waals surface area contributed by atoms with Crippen molar-refractivity contribution in [1.82, 2.24) is 4.31 Å². The highest BCUT2D eigenvalue weighted by Crippen LogP contribution is 2.22. The lowest BCUT2D eigenvalue weighted by molar-refractivity contribution is 0.344. The molecule has 25 heavy (non-hydrogen) atoms. The molecular formula is C20H24ClNO2S. The largest absolute Gasteiger partial charge is 0.243 e. The molecule has 0 aromatic heterocycles. The van der Waals surface area contributed by atoms with E-state index in [1.54, 1.807) is 28.6 Å². The summed E-state index contributed by atoms with van der Waals surface area (Å²) in [4.78, 5) is 0.271. The van der Waals surface area contributed by atoms with Gasteiger partial charge in [0.2, 0.25) is 10.0 Å². The predicted octanol–water partition coefficient (Wildman–Crippen LogP) is 5.23. The number of hydrogen-bond donors (Lipinski definition) is 0. The molecule has 2 rings (SSSR count). The van der Waals surface area contributed by atoms with Gasteiger partial charge in [0.15, 0.2) is 0 Å². The summed E-state index contributed by atoms with van der Waals surface area (Å²) in [6.45, 7) is 4.34. The molecule has 134 valence electrons. The van der Waals surface area contributed by atoms with E-state index >= 15 is 0 Å². The number of nitrogens with zero attached hydrogens (tertiary/aromatic N) is 1. The van der Waals surface area contributed by atoms with Gasteiger partial charge in [0, 0.05) is 17.6 Å². The van der Waals surface area contributed by atoms with Crippen LogP contribution in [0.15, 0.2) is 65.6 Å². The summed E-state index contributed by atoms with van der Waals surface area (Å²) in [5.41, 5.74) is 1.05. The van der Waals surface area contributed by atoms with Gasteiger partial charge in [-0.2, -0.15) is 4.31 Å². The fourth-order valence-corrected chi connectivity index (χ4v) is 4.41. The molecule has 0 amide bonds. The molecule has 5 heteroatoms. The maximum absolute atomic E-state index is 13.1. The summed E-state index contributed by atoms with van der Waals surface area (Å²) in [6, 6.07) is 16.1. The molecule has 0 aliphatic heterocycles. The standard InChI is InChI=1S/C20H24ClNO2S/c1-3-8-17(2)22(16-7-11-18-9-5-4-6-10-18)25(23,24)20-14-12-19(21)13-15-20/h4-7,9-15,17H,3,8,16H2,1-2H3/b11-7+. The van der Waals surface area contributed by atoms with Crippen molar-refractivity contribution in [2.45, 2.75) is 37.6 Å². The monoisotopic (exact) mass is 377 g/mol. The van der Waals surface area contributed by atoms with Crippen LogP contribution in [0.5, 0.6) is 0 Å². The first-order chi connectivity index (χ1) is 11.9. The van der Waals surface area contributed by atoms with Crippen LogP contribution in [-0.2, 0) is 10.0 Å². The van der Waals surface area contributed by atoms with Gasteiger partial charge in [0.25, 0.3) is 0 Å². The summed E-state index contributed by atoms with van der Waals surface area (Å²) >= 11 is 5.89. The molecule has 0 aliphatic carbocycles. The van der Waals surface area contributed by atoms with E-state index in [0.717, 1.165) is 18.4 Å². The van der Waals surface area contributed by atoms with Gasteiger partial charge in [-0.05, 0) is 43.2 Å². The number of benzene rings is 2. The molecule has 0 fully saturated rings. The third kappa shape index (κ3) is 5.43. The highest BCUT2D eigenvalue weighted by molar-refractivity contribution is 7.89. The molecule has 3 nitrogen and oxygen atoms in total. The predicted molar refractivity (Wildman–Crippen MR) is 105 cm³/mol. The van der Waals surface area contributed by atoms with Gasteiger partial charge < -0.3 is 0 Å². The molecule has 1 atom stereocenters. The second kappa shape index (κ2) is 9.18. The average Bonchev–Trinajstić information content (AvgIpc) is 2.60. The van der Waals surface area contributed by atoms with Crippen LogP contribution >= 0.6 is 11.6 Å². The van der Waals surface area contributed by atoms with E-state index in [0.29, 0.717) is 11.6 Å². The van der Waals surface area contributed by atoms with E-state index in [1.165, 1.54) is 0 Å². The molecule has 0 radical (unpaired) electrons. The first-order valence-corrected chi connectivity index (χ1v) is 10.3. The third-order valence-corrected chi connectivity index (χ3v) is 6.26. The van der Waals surface area contributed by atoms with E-state index in [2.05, 4.69) is 6.92 Å². The minimum atomic E-state index is -3.57. The zero-order valence-electron chi connectivity index (χ0n) is 14.6. The minimum Gasteiger partial charge on any atom is -0.207 e. The van der Waals surface area contributed by atoms with Gasteiger partial charge in [-0.1, -0.05) is 67.4 Å². The van der Waals surface area contributed by atoms with Gasteiger partial charge >= 0.3 is 0 Å². The Morgan fingerprint density at radius 3 is 2.32 bits per heavy atom. The van der Waals surface area contributed by atoms with Crippen LogP contribution in [0.1, 0.15) is 32.3 Å². The second-order valence-electron chi connectivity index (χ2n) is 5.98. The zero-order valence-corrected chi connectivity index (χ0v) is 16.2. The lowest BCUT2D eigenvalue weighted by atomic mass is 10.2. The summed E-state index contributed by atoms with van der Waals surface area (Å²) in [5, 5.41) is 0.524. The smallest absolute Gasteiger partial charge is 0.207 e. The molecule has 0 spiro atoms. The molecule has 2 aromatic rings. The van der Waals surface area contributed by atoms with E-state index in [4.69, 9.17) is 11.6 Å². The fraction of sp³-hybridized carbons (Fsp3) is 0.300. The Labute approximate surface area is 156 Å². The van der Waals surface area contributed by atoms with Crippen LogP contribution in [-0.4, -0.2) is 25.3 Å².